The van der Waals surface area contributed by atoms with Crippen molar-refractivity contribution in [1.82, 2.24) is 4.98 Å². The molecule has 0 fully saturated rings. The van der Waals surface area contributed by atoms with Crippen LogP contribution in [0.5, 0.6) is 5.75 Å². The van der Waals surface area contributed by atoms with Gasteiger partial charge in [-0.15, -0.1) is 0 Å². The second-order valence-electron chi connectivity index (χ2n) is 3.94. The molecule has 1 aromatic rings. The van der Waals surface area contributed by atoms with Gasteiger partial charge < -0.3 is 10.5 Å². The molecule has 0 atom stereocenters. The molecule has 0 bridgehead atoms. The van der Waals surface area contributed by atoms with Crippen LogP contribution in [-0.2, 0) is 6.42 Å². The van der Waals surface area contributed by atoms with E-state index in [4.69, 9.17) is 15.9 Å². The van der Waals surface area contributed by atoms with Gasteiger partial charge in [0.2, 0.25) is 0 Å². The van der Waals surface area contributed by atoms with Crippen molar-refractivity contribution >= 4 is 5.84 Å². The fourth-order valence-corrected chi connectivity index (χ4v) is 1.12. The zero-order valence-electron chi connectivity index (χ0n) is 9.16. The van der Waals surface area contributed by atoms with E-state index in [1.807, 2.05) is 6.07 Å². The van der Waals surface area contributed by atoms with Gasteiger partial charge >= 0.3 is 0 Å². The highest BCUT2D eigenvalue weighted by Crippen LogP contribution is 2.12. The summed E-state index contributed by atoms with van der Waals surface area (Å²) in [6, 6.07) is 1.87. The molecule has 0 amide bonds. The zero-order chi connectivity index (χ0) is 11.3. The Morgan fingerprint density at radius 3 is 2.87 bits per heavy atom. The van der Waals surface area contributed by atoms with E-state index in [1.165, 1.54) is 0 Å². The first-order valence-electron chi connectivity index (χ1n) is 4.97. The molecule has 1 heterocycles. The summed E-state index contributed by atoms with van der Waals surface area (Å²) in [7, 11) is 0. The Labute approximate surface area is 90.0 Å². The molecular weight excluding hydrogens is 190 g/mol. The van der Waals surface area contributed by atoms with Crippen molar-refractivity contribution in [1.29, 1.82) is 5.41 Å². The summed E-state index contributed by atoms with van der Waals surface area (Å²) in [5, 5.41) is 7.18. The van der Waals surface area contributed by atoms with Crippen LogP contribution in [0.15, 0.2) is 18.5 Å². The first kappa shape index (κ1) is 11.5. The van der Waals surface area contributed by atoms with Gasteiger partial charge in [-0.05, 0) is 17.5 Å². The van der Waals surface area contributed by atoms with Gasteiger partial charge in [0.05, 0.1) is 18.6 Å². The van der Waals surface area contributed by atoms with Crippen LogP contribution in [-0.4, -0.2) is 17.4 Å². The lowest BCUT2D eigenvalue weighted by Gasteiger charge is -2.09. The van der Waals surface area contributed by atoms with E-state index < -0.39 is 0 Å². The molecule has 4 nitrogen and oxygen atoms in total. The molecule has 0 aliphatic carbocycles. The second kappa shape index (κ2) is 5.34. The number of aromatic nitrogens is 1. The van der Waals surface area contributed by atoms with Crippen LogP contribution in [0.2, 0.25) is 0 Å². The smallest absolute Gasteiger partial charge is 0.137 e. The third-order valence-electron chi connectivity index (χ3n) is 1.75. The van der Waals surface area contributed by atoms with Gasteiger partial charge in [-0.3, -0.25) is 10.4 Å². The highest BCUT2D eigenvalue weighted by Gasteiger charge is 2.00. The minimum atomic E-state index is 0.137. The van der Waals surface area contributed by atoms with Crippen LogP contribution < -0.4 is 10.5 Å². The molecule has 1 rings (SSSR count). The lowest BCUT2D eigenvalue weighted by Crippen LogP contribution is -2.13. The Bertz CT molecular complexity index is 336. The molecule has 0 saturated carbocycles. The fraction of sp³-hybridized carbons (Fsp3) is 0.455. The number of ether oxygens (including phenoxy) is 1. The van der Waals surface area contributed by atoms with Crippen molar-refractivity contribution in [3.63, 3.8) is 0 Å². The lowest BCUT2D eigenvalue weighted by atomic mass is 10.2. The maximum absolute atomic E-state index is 7.18. The molecule has 15 heavy (non-hydrogen) atoms. The predicted molar refractivity (Wildman–Crippen MR) is 60.2 cm³/mol. The predicted octanol–water partition coefficient (Wildman–Crippen LogP) is 1.59. The van der Waals surface area contributed by atoms with Crippen molar-refractivity contribution in [2.24, 2.45) is 11.7 Å². The molecule has 0 aliphatic rings. The number of hydrogen-bond acceptors (Lipinski definition) is 3. The minimum Gasteiger partial charge on any atom is -0.492 e. The van der Waals surface area contributed by atoms with Gasteiger partial charge in [-0.2, -0.15) is 0 Å². The molecule has 0 aliphatic heterocycles. The Kier molecular flexibility index (Phi) is 4.09. The van der Waals surface area contributed by atoms with E-state index in [-0.39, 0.29) is 5.84 Å². The summed E-state index contributed by atoms with van der Waals surface area (Å²) in [5.41, 5.74) is 6.22. The zero-order valence-corrected chi connectivity index (χ0v) is 9.16. The average Bonchev–Trinajstić information content (AvgIpc) is 2.14. The van der Waals surface area contributed by atoms with Gasteiger partial charge in [0.15, 0.2) is 0 Å². The van der Waals surface area contributed by atoms with Crippen LogP contribution in [0.1, 0.15) is 19.4 Å². The van der Waals surface area contributed by atoms with Gasteiger partial charge in [0, 0.05) is 12.6 Å². The number of hydrogen-bond donors (Lipinski definition) is 2. The fourth-order valence-electron chi connectivity index (χ4n) is 1.12. The van der Waals surface area contributed by atoms with Crippen molar-refractivity contribution in [2.45, 2.75) is 20.3 Å². The third kappa shape index (κ3) is 4.44. The average molecular weight is 207 g/mol. The normalized spacial score (nSPS) is 10.3. The topological polar surface area (TPSA) is 72.0 Å². The summed E-state index contributed by atoms with van der Waals surface area (Å²) in [6.45, 7) is 4.85. The van der Waals surface area contributed by atoms with Crippen molar-refractivity contribution in [3.05, 3.63) is 24.0 Å². The largest absolute Gasteiger partial charge is 0.492 e. The molecule has 0 unspecified atom stereocenters. The van der Waals surface area contributed by atoms with E-state index in [9.17, 15) is 0 Å². The summed E-state index contributed by atoms with van der Waals surface area (Å²) < 4.78 is 5.52. The number of pyridine rings is 1. The molecule has 82 valence electrons. The number of nitrogens with two attached hydrogens (primary N) is 1. The minimum absolute atomic E-state index is 0.137. The van der Waals surface area contributed by atoms with Crippen molar-refractivity contribution in [2.75, 3.05) is 6.61 Å². The van der Waals surface area contributed by atoms with E-state index in [2.05, 4.69) is 18.8 Å². The molecule has 1 aromatic heterocycles. The first-order chi connectivity index (χ1) is 7.08. The number of amidine groups is 1. The summed E-state index contributed by atoms with van der Waals surface area (Å²) in [5.74, 6) is 1.36. The maximum Gasteiger partial charge on any atom is 0.137 e. The van der Waals surface area contributed by atoms with Crippen LogP contribution in [0, 0.1) is 11.3 Å². The highest BCUT2D eigenvalue weighted by molar-refractivity contribution is 5.79. The van der Waals surface area contributed by atoms with E-state index in [1.54, 1.807) is 12.4 Å². The van der Waals surface area contributed by atoms with Gasteiger partial charge in [0.25, 0.3) is 0 Å². The standard InChI is InChI=1S/C11H17N3O/c1-8(2)7-15-10-3-9(4-11(12)13)5-14-6-10/h3,5-6,8H,4,7H2,1-2H3,(H3,12,13). The molecule has 4 heteroatoms. The molecule has 0 aromatic carbocycles. The SMILES string of the molecule is CC(C)COc1cncc(CC(=N)N)c1. The van der Waals surface area contributed by atoms with E-state index in [0.29, 0.717) is 18.9 Å². The van der Waals surface area contributed by atoms with Gasteiger partial charge in [0.1, 0.15) is 5.75 Å². The van der Waals surface area contributed by atoms with E-state index >= 15 is 0 Å². The van der Waals surface area contributed by atoms with Crippen LogP contribution in [0.4, 0.5) is 0 Å². The maximum atomic E-state index is 7.18. The Morgan fingerprint density at radius 1 is 1.53 bits per heavy atom. The summed E-state index contributed by atoms with van der Waals surface area (Å²) in [4.78, 5) is 4.04. The van der Waals surface area contributed by atoms with E-state index in [0.717, 1.165) is 11.3 Å². The Morgan fingerprint density at radius 2 is 2.27 bits per heavy atom. The number of rotatable bonds is 5. The molecule has 3 N–H and O–H groups in total. The van der Waals surface area contributed by atoms with Crippen LogP contribution >= 0.6 is 0 Å². The quantitative estimate of drug-likeness (QED) is 0.569. The Hall–Kier alpha value is -1.58. The molecule has 0 spiro atoms. The molecule has 0 saturated heterocycles. The van der Waals surface area contributed by atoms with Crippen LogP contribution in [0.25, 0.3) is 0 Å². The van der Waals surface area contributed by atoms with Crippen LogP contribution in [0.3, 0.4) is 0 Å². The molecule has 0 radical (unpaired) electrons. The Balaban J connectivity index is 2.61. The summed E-state index contributed by atoms with van der Waals surface area (Å²) in [6.07, 6.45) is 3.79. The van der Waals surface area contributed by atoms with Crippen molar-refractivity contribution < 1.29 is 4.74 Å². The number of nitrogens with one attached hydrogen (secondary N) is 1. The van der Waals surface area contributed by atoms with Gasteiger partial charge in [-0.1, -0.05) is 13.8 Å². The monoisotopic (exact) mass is 207 g/mol. The molecular formula is C11H17N3O. The first-order valence-corrected chi connectivity index (χ1v) is 4.97. The van der Waals surface area contributed by atoms with Gasteiger partial charge in [-0.25, -0.2) is 0 Å². The lowest BCUT2D eigenvalue weighted by molar-refractivity contribution is 0.270. The third-order valence-corrected chi connectivity index (χ3v) is 1.75. The summed E-state index contributed by atoms with van der Waals surface area (Å²) >= 11 is 0. The second-order valence-corrected chi connectivity index (χ2v) is 3.94. The van der Waals surface area contributed by atoms with Crippen molar-refractivity contribution in [3.8, 4) is 5.75 Å². The highest BCUT2D eigenvalue weighted by atomic mass is 16.5. The number of nitrogens with zero attached hydrogens (tertiary/aromatic N) is 1.